The van der Waals surface area contributed by atoms with Crippen LogP contribution in [0.2, 0.25) is 0 Å². The van der Waals surface area contributed by atoms with E-state index >= 15 is 0 Å². The standard InChI is InChI=1S/C11H20N2/c1-3-6-13-8-5-10-4-7-12(2)11(10)9-13/h3,10-11H,1,4-9H2,2H3. The van der Waals surface area contributed by atoms with E-state index in [4.69, 9.17) is 0 Å². The molecule has 2 rings (SSSR count). The van der Waals surface area contributed by atoms with Crippen LogP contribution in [-0.4, -0.2) is 49.1 Å². The molecule has 13 heavy (non-hydrogen) atoms. The second kappa shape index (κ2) is 3.81. The summed E-state index contributed by atoms with van der Waals surface area (Å²) < 4.78 is 0. The smallest absolute Gasteiger partial charge is 0.0249 e. The molecule has 0 N–H and O–H groups in total. The molecule has 0 bridgehead atoms. The summed E-state index contributed by atoms with van der Waals surface area (Å²) in [5.74, 6) is 0.978. The first-order valence-corrected chi connectivity index (χ1v) is 5.34. The Bertz CT molecular complexity index is 191. The molecule has 2 atom stereocenters. The van der Waals surface area contributed by atoms with Crippen molar-refractivity contribution in [2.24, 2.45) is 5.92 Å². The van der Waals surface area contributed by atoms with Crippen molar-refractivity contribution in [2.75, 3.05) is 33.2 Å². The van der Waals surface area contributed by atoms with Crippen molar-refractivity contribution in [2.45, 2.75) is 18.9 Å². The third-order valence-electron chi connectivity index (χ3n) is 3.61. The number of hydrogen-bond acceptors (Lipinski definition) is 2. The van der Waals surface area contributed by atoms with Gasteiger partial charge in [0, 0.05) is 19.1 Å². The van der Waals surface area contributed by atoms with Gasteiger partial charge in [-0.3, -0.25) is 4.90 Å². The van der Waals surface area contributed by atoms with Crippen molar-refractivity contribution < 1.29 is 0 Å². The fourth-order valence-corrected chi connectivity index (χ4v) is 2.77. The molecule has 0 radical (unpaired) electrons. The molecule has 0 spiro atoms. The SMILES string of the molecule is C=CCN1CCC2CCN(C)C2C1. The van der Waals surface area contributed by atoms with Crippen molar-refractivity contribution >= 4 is 0 Å². The third kappa shape index (κ3) is 1.79. The van der Waals surface area contributed by atoms with Crippen LogP contribution in [0.1, 0.15) is 12.8 Å². The first-order valence-electron chi connectivity index (χ1n) is 5.34. The Balaban J connectivity index is 1.93. The molecule has 2 saturated heterocycles. The molecule has 2 heteroatoms. The maximum Gasteiger partial charge on any atom is 0.0249 e. The lowest BCUT2D eigenvalue weighted by Crippen LogP contribution is -2.46. The van der Waals surface area contributed by atoms with Crippen LogP contribution in [0.15, 0.2) is 12.7 Å². The van der Waals surface area contributed by atoms with E-state index in [1.807, 2.05) is 6.08 Å². The van der Waals surface area contributed by atoms with E-state index in [1.165, 1.54) is 32.5 Å². The minimum Gasteiger partial charge on any atom is -0.302 e. The number of likely N-dealkylation sites (N-methyl/N-ethyl adjacent to an activating group) is 1. The van der Waals surface area contributed by atoms with Crippen LogP contribution < -0.4 is 0 Å². The Kier molecular flexibility index (Phi) is 2.70. The molecular formula is C11H20N2. The average molecular weight is 180 g/mol. The van der Waals surface area contributed by atoms with E-state index in [0.29, 0.717) is 0 Å². The fraction of sp³-hybridized carbons (Fsp3) is 0.818. The molecule has 2 nitrogen and oxygen atoms in total. The Morgan fingerprint density at radius 2 is 2.15 bits per heavy atom. The molecule has 2 aliphatic rings. The molecule has 2 fully saturated rings. The lowest BCUT2D eigenvalue weighted by Gasteiger charge is -2.36. The zero-order valence-corrected chi connectivity index (χ0v) is 8.58. The number of nitrogens with zero attached hydrogens (tertiary/aromatic N) is 2. The summed E-state index contributed by atoms with van der Waals surface area (Å²) in [5, 5.41) is 0. The van der Waals surface area contributed by atoms with E-state index in [0.717, 1.165) is 18.5 Å². The van der Waals surface area contributed by atoms with Crippen LogP contribution in [0.25, 0.3) is 0 Å². The van der Waals surface area contributed by atoms with Crippen molar-refractivity contribution in [3.8, 4) is 0 Å². The van der Waals surface area contributed by atoms with Gasteiger partial charge in [0.25, 0.3) is 0 Å². The van der Waals surface area contributed by atoms with Gasteiger partial charge in [-0.1, -0.05) is 6.08 Å². The predicted octanol–water partition coefficient (Wildman–Crippen LogP) is 1.20. The van der Waals surface area contributed by atoms with Gasteiger partial charge in [0.1, 0.15) is 0 Å². The second-order valence-corrected chi connectivity index (χ2v) is 4.43. The number of fused-ring (bicyclic) bond motifs is 1. The zero-order valence-electron chi connectivity index (χ0n) is 8.58. The van der Waals surface area contributed by atoms with E-state index in [-0.39, 0.29) is 0 Å². The van der Waals surface area contributed by atoms with Crippen molar-refractivity contribution in [3.63, 3.8) is 0 Å². The summed E-state index contributed by atoms with van der Waals surface area (Å²) in [5.41, 5.74) is 0. The molecular weight excluding hydrogens is 160 g/mol. The Morgan fingerprint density at radius 3 is 2.92 bits per heavy atom. The number of likely N-dealkylation sites (tertiary alicyclic amines) is 2. The predicted molar refractivity (Wildman–Crippen MR) is 55.8 cm³/mol. The van der Waals surface area contributed by atoms with Gasteiger partial charge in [0.05, 0.1) is 0 Å². The minimum absolute atomic E-state index is 0.827. The second-order valence-electron chi connectivity index (χ2n) is 4.43. The zero-order chi connectivity index (χ0) is 9.26. The normalized spacial score (nSPS) is 36.1. The summed E-state index contributed by atoms with van der Waals surface area (Å²) >= 11 is 0. The molecule has 0 aliphatic carbocycles. The van der Waals surface area contributed by atoms with Crippen LogP contribution in [0, 0.1) is 5.92 Å². The molecule has 0 saturated carbocycles. The maximum atomic E-state index is 3.80. The Labute approximate surface area is 81.2 Å². The summed E-state index contributed by atoms with van der Waals surface area (Å²) in [6, 6.07) is 0.827. The number of piperidine rings is 1. The highest BCUT2D eigenvalue weighted by Crippen LogP contribution is 2.30. The van der Waals surface area contributed by atoms with Crippen LogP contribution in [0.4, 0.5) is 0 Å². The summed E-state index contributed by atoms with van der Waals surface area (Å²) in [7, 11) is 2.27. The van der Waals surface area contributed by atoms with Gasteiger partial charge in [-0.05, 0) is 38.9 Å². The van der Waals surface area contributed by atoms with Crippen molar-refractivity contribution in [1.82, 2.24) is 9.80 Å². The molecule has 2 unspecified atom stereocenters. The molecule has 0 aromatic heterocycles. The van der Waals surface area contributed by atoms with Gasteiger partial charge in [0.15, 0.2) is 0 Å². The van der Waals surface area contributed by atoms with E-state index in [9.17, 15) is 0 Å². The molecule has 0 aromatic carbocycles. The first-order chi connectivity index (χ1) is 6.31. The van der Waals surface area contributed by atoms with Gasteiger partial charge in [-0.2, -0.15) is 0 Å². The van der Waals surface area contributed by atoms with E-state index in [1.54, 1.807) is 0 Å². The third-order valence-corrected chi connectivity index (χ3v) is 3.61. The van der Waals surface area contributed by atoms with Crippen molar-refractivity contribution in [1.29, 1.82) is 0 Å². The van der Waals surface area contributed by atoms with Crippen LogP contribution in [0.5, 0.6) is 0 Å². The Hall–Kier alpha value is -0.340. The minimum atomic E-state index is 0.827. The van der Waals surface area contributed by atoms with E-state index < -0.39 is 0 Å². The number of hydrogen-bond donors (Lipinski definition) is 0. The van der Waals surface area contributed by atoms with Gasteiger partial charge in [-0.15, -0.1) is 6.58 Å². The van der Waals surface area contributed by atoms with Gasteiger partial charge >= 0.3 is 0 Å². The van der Waals surface area contributed by atoms with Crippen molar-refractivity contribution in [3.05, 3.63) is 12.7 Å². The molecule has 2 heterocycles. The first kappa shape index (κ1) is 9.22. The lowest BCUT2D eigenvalue weighted by molar-refractivity contribution is 0.128. The molecule has 2 aliphatic heterocycles. The summed E-state index contributed by atoms with van der Waals surface area (Å²) in [6.07, 6.45) is 4.83. The molecule has 0 aromatic rings. The summed E-state index contributed by atoms with van der Waals surface area (Å²) in [4.78, 5) is 5.05. The highest BCUT2D eigenvalue weighted by atomic mass is 15.2. The molecule has 0 amide bonds. The van der Waals surface area contributed by atoms with Crippen LogP contribution in [0.3, 0.4) is 0 Å². The van der Waals surface area contributed by atoms with Crippen LogP contribution >= 0.6 is 0 Å². The van der Waals surface area contributed by atoms with Gasteiger partial charge in [-0.25, -0.2) is 0 Å². The lowest BCUT2D eigenvalue weighted by atomic mass is 9.92. The number of rotatable bonds is 2. The van der Waals surface area contributed by atoms with Crippen LogP contribution in [-0.2, 0) is 0 Å². The topological polar surface area (TPSA) is 6.48 Å². The van der Waals surface area contributed by atoms with E-state index in [2.05, 4.69) is 23.4 Å². The van der Waals surface area contributed by atoms with Gasteiger partial charge in [0.2, 0.25) is 0 Å². The fourth-order valence-electron chi connectivity index (χ4n) is 2.77. The average Bonchev–Trinajstić information content (AvgIpc) is 2.49. The highest BCUT2D eigenvalue weighted by Gasteiger charge is 2.35. The largest absolute Gasteiger partial charge is 0.302 e. The monoisotopic (exact) mass is 180 g/mol. The summed E-state index contributed by atoms with van der Waals surface area (Å²) in [6.45, 7) is 8.71. The van der Waals surface area contributed by atoms with Gasteiger partial charge < -0.3 is 4.90 Å². The highest BCUT2D eigenvalue weighted by molar-refractivity contribution is 4.92. The maximum absolute atomic E-state index is 3.80. The molecule has 74 valence electrons. The quantitative estimate of drug-likeness (QED) is 0.589. The Morgan fingerprint density at radius 1 is 1.38 bits per heavy atom.